The van der Waals surface area contributed by atoms with E-state index >= 15 is 0 Å². The lowest BCUT2D eigenvalue weighted by atomic mass is 9.89. The van der Waals surface area contributed by atoms with Crippen LogP contribution in [0.25, 0.3) is 0 Å². The van der Waals surface area contributed by atoms with Gasteiger partial charge in [-0.25, -0.2) is 0 Å². The molecule has 4 heteroatoms. The fraction of sp³-hybridized carbons (Fsp3) is 0.467. The molecule has 1 atom stereocenters. The van der Waals surface area contributed by atoms with E-state index in [9.17, 15) is 4.79 Å². The summed E-state index contributed by atoms with van der Waals surface area (Å²) in [4.78, 5) is 15.6. The van der Waals surface area contributed by atoms with Gasteiger partial charge in [-0.15, -0.1) is 0 Å². The SMILES string of the molecule is COC(=O)C[C@@](C)(NCC=C(C)C)c1ccncc1. The van der Waals surface area contributed by atoms with E-state index in [0.29, 0.717) is 6.54 Å². The molecule has 1 N–H and O–H groups in total. The van der Waals surface area contributed by atoms with Crippen LogP contribution < -0.4 is 5.32 Å². The van der Waals surface area contributed by atoms with Crippen LogP contribution in [0.2, 0.25) is 0 Å². The average molecular weight is 262 g/mol. The van der Waals surface area contributed by atoms with Gasteiger partial charge in [0.15, 0.2) is 0 Å². The normalized spacial score (nSPS) is 13.5. The van der Waals surface area contributed by atoms with Crippen LogP contribution in [0.15, 0.2) is 36.2 Å². The molecule has 0 saturated carbocycles. The molecule has 0 aliphatic rings. The molecular weight excluding hydrogens is 240 g/mol. The van der Waals surface area contributed by atoms with Gasteiger partial charge in [0, 0.05) is 18.9 Å². The number of rotatable bonds is 6. The Balaban J connectivity index is 2.90. The zero-order valence-corrected chi connectivity index (χ0v) is 12.1. The van der Waals surface area contributed by atoms with E-state index in [-0.39, 0.29) is 12.4 Å². The van der Waals surface area contributed by atoms with Gasteiger partial charge in [0.1, 0.15) is 0 Å². The number of methoxy groups -OCH3 is 1. The highest BCUT2D eigenvalue weighted by Crippen LogP contribution is 2.24. The van der Waals surface area contributed by atoms with Crippen molar-refractivity contribution < 1.29 is 9.53 Å². The summed E-state index contributed by atoms with van der Waals surface area (Å²) in [6, 6.07) is 3.83. The maximum Gasteiger partial charge on any atom is 0.307 e. The van der Waals surface area contributed by atoms with Crippen LogP contribution in [0.4, 0.5) is 0 Å². The number of aromatic nitrogens is 1. The van der Waals surface area contributed by atoms with Crippen molar-refractivity contribution in [1.82, 2.24) is 10.3 Å². The van der Waals surface area contributed by atoms with Crippen LogP contribution in [0.1, 0.15) is 32.8 Å². The van der Waals surface area contributed by atoms with Gasteiger partial charge in [-0.1, -0.05) is 11.6 Å². The monoisotopic (exact) mass is 262 g/mol. The van der Waals surface area contributed by atoms with Crippen molar-refractivity contribution in [1.29, 1.82) is 0 Å². The number of hydrogen-bond acceptors (Lipinski definition) is 4. The summed E-state index contributed by atoms with van der Waals surface area (Å²) in [6.45, 7) is 6.80. The lowest BCUT2D eigenvalue weighted by Gasteiger charge is -2.30. The predicted molar refractivity (Wildman–Crippen MR) is 75.7 cm³/mol. The summed E-state index contributed by atoms with van der Waals surface area (Å²) in [5, 5.41) is 3.40. The van der Waals surface area contributed by atoms with Gasteiger partial charge in [-0.05, 0) is 38.5 Å². The molecule has 19 heavy (non-hydrogen) atoms. The van der Waals surface area contributed by atoms with E-state index in [0.717, 1.165) is 5.56 Å². The number of nitrogens with one attached hydrogen (secondary N) is 1. The Morgan fingerprint density at radius 2 is 2.05 bits per heavy atom. The third kappa shape index (κ3) is 4.83. The van der Waals surface area contributed by atoms with Gasteiger partial charge in [0.25, 0.3) is 0 Å². The Labute approximate surface area is 114 Å². The highest BCUT2D eigenvalue weighted by molar-refractivity contribution is 5.71. The number of carbonyl (C=O) groups is 1. The van der Waals surface area contributed by atoms with Crippen molar-refractivity contribution in [3.63, 3.8) is 0 Å². The zero-order valence-electron chi connectivity index (χ0n) is 12.1. The van der Waals surface area contributed by atoms with Gasteiger partial charge in [0.2, 0.25) is 0 Å². The van der Waals surface area contributed by atoms with Crippen LogP contribution in [-0.2, 0) is 15.1 Å². The molecule has 0 aliphatic carbocycles. The molecule has 104 valence electrons. The molecule has 1 aromatic heterocycles. The molecule has 1 rings (SSSR count). The van der Waals surface area contributed by atoms with Crippen LogP contribution >= 0.6 is 0 Å². The molecule has 0 radical (unpaired) electrons. The van der Waals surface area contributed by atoms with Gasteiger partial charge in [-0.2, -0.15) is 0 Å². The Kier molecular flexibility index (Phi) is 5.70. The second-order valence-electron chi connectivity index (χ2n) is 4.98. The van der Waals surface area contributed by atoms with Gasteiger partial charge >= 0.3 is 5.97 Å². The molecule has 1 aromatic rings. The molecule has 4 nitrogen and oxygen atoms in total. The predicted octanol–water partition coefficient (Wildman–Crippen LogP) is 2.42. The first-order chi connectivity index (χ1) is 8.98. The van der Waals surface area contributed by atoms with Crippen molar-refractivity contribution in [2.24, 2.45) is 0 Å². The Bertz CT molecular complexity index is 439. The van der Waals surface area contributed by atoms with E-state index in [1.807, 2.05) is 32.9 Å². The molecule has 0 aliphatic heterocycles. The second-order valence-corrected chi connectivity index (χ2v) is 4.98. The van der Waals surface area contributed by atoms with Crippen LogP contribution in [0.5, 0.6) is 0 Å². The van der Waals surface area contributed by atoms with E-state index in [4.69, 9.17) is 4.74 Å². The first-order valence-electron chi connectivity index (χ1n) is 6.33. The van der Waals surface area contributed by atoms with Crippen molar-refractivity contribution in [3.8, 4) is 0 Å². The number of esters is 1. The van der Waals surface area contributed by atoms with Crippen molar-refractivity contribution in [2.45, 2.75) is 32.7 Å². The molecule has 0 bridgehead atoms. The summed E-state index contributed by atoms with van der Waals surface area (Å²) in [6.07, 6.45) is 5.84. The summed E-state index contributed by atoms with van der Waals surface area (Å²) in [5.74, 6) is -0.232. The summed E-state index contributed by atoms with van der Waals surface area (Å²) < 4.78 is 4.78. The number of allylic oxidation sites excluding steroid dienone is 1. The van der Waals surface area contributed by atoms with Crippen molar-refractivity contribution >= 4 is 5.97 Å². The largest absolute Gasteiger partial charge is 0.469 e. The van der Waals surface area contributed by atoms with Crippen molar-refractivity contribution in [3.05, 3.63) is 41.7 Å². The van der Waals surface area contributed by atoms with E-state index in [2.05, 4.69) is 16.4 Å². The quantitative estimate of drug-likeness (QED) is 0.632. The molecule has 1 heterocycles. The number of ether oxygens (including phenoxy) is 1. The van der Waals surface area contributed by atoms with E-state index in [1.165, 1.54) is 12.7 Å². The highest BCUT2D eigenvalue weighted by atomic mass is 16.5. The van der Waals surface area contributed by atoms with Crippen LogP contribution in [0, 0.1) is 0 Å². The standard InChI is InChI=1S/C15H22N2O2/c1-12(2)5-10-17-15(3,11-14(18)19-4)13-6-8-16-9-7-13/h5-9,17H,10-11H2,1-4H3/t15-/m1/s1. The molecule has 0 amide bonds. The fourth-order valence-electron chi connectivity index (χ4n) is 1.83. The van der Waals surface area contributed by atoms with Gasteiger partial charge in [-0.3, -0.25) is 9.78 Å². The number of nitrogens with zero attached hydrogens (tertiary/aromatic N) is 1. The smallest absolute Gasteiger partial charge is 0.307 e. The molecule has 0 spiro atoms. The topological polar surface area (TPSA) is 51.2 Å². The van der Waals surface area contributed by atoms with Gasteiger partial charge < -0.3 is 10.1 Å². The van der Waals surface area contributed by atoms with E-state index in [1.54, 1.807) is 12.4 Å². The minimum atomic E-state index is -0.456. The molecular formula is C15H22N2O2. The molecule has 0 saturated heterocycles. The number of hydrogen-bond donors (Lipinski definition) is 1. The average Bonchev–Trinajstić information content (AvgIpc) is 2.39. The Morgan fingerprint density at radius 3 is 2.58 bits per heavy atom. The number of carbonyl (C=O) groups excluding carboxylic acids is 1. The summed E-state index contributed by atoms with van der Waals surface area (Å²) in [5.41, 5.74) is 1.81. The molecule has 0 fully saturated rings. The third-order valence-corrected chi connectivity index (χ3v) is 3.05. The Morgan fingerprint density at radius 1 is 1.42 bits per heavy atom. The maximum atomic E-state index is 11.6. The lowest BCUT2D eigenvalue weighted by molar-refractivity contribution is -0.142. The zero-order chi connectivity index (χ0) is 14.3. The molecule has 0 unspecified atom stereocenters. The maximum absolute atomic E-state index is 11.6. The Hall–Kier alpha value is -1.68. The van der Waals surface area contributed by atoms with Crippen molar-refractivity contribution in [2.75, 3.05) is 13.7 Å². The fourth-order valence-corrected chi connectivity index (χ4v) is 1.83. The third-order valence-electron chi connectivity index (χ3n) is 3.05. The van der Waals surface area contributed by atoms with E-state index < -0.39 is 5.54 Å². The highest BCUT2D eigenvalue weighted by Gasteiger charge is 2.29. The minimum absolute atomic E-state index is 0.232. The minimum Gasteiger partial charge on any atom is -0.469 e. The first kappa shape index (κ1) is 15.4. The van der Waals surface area contributed by atoms with Crippen LogP contribution in [0.3, 0.4) is 0 Å². The number of pyridine rings is 1. The summed E-state index contributed by atoms with van der Waals surface area (Å²) in [7, 11) is 1.41. The van der Waals surface area contributed by atoms with Gasteiger partial charge in [0.05, 0.1) is 19.1 Å². The van der Waals surface area contributed by atoms with Crippen LogP contribution in [-0.4, -0.2) is 24.6 Å². The summed E-state index contributed by atoms with van der Waals surface area (Å²) >= 11 is 0. The lowest BCUT2D eigenvalue weighted by Crippen LogP contribution is -2.41. The molecule has 0 aromatic carbocycles. The second kappa shape index (κ2) is 7.04. The first-order valence-corrected chi connectivity index (χ1v) is 6.33.